The molecule has 1 aromatic rings. The van der Waals surface area contributed by atoms with Crippen molar-refractivity contribution < 1.29 is 24.0 Å². The summed E-state index contributed by atoms with van der Waals surface area (Å²) in [7, 11) is 0. The average Bonchev–Trinajstić information content (AvgIpc) is 3.11. The molecule has 1 amide bonds. The smallest absolute Gasteiger partial charge is 0.310 e. The molecule has 7 nitrogen and oxygen atoms in total. The monoisotopic (exact) mass is 306 g/mol. The highest BCUT2D eigenvalue weighted by atomic mass is 16.5. The Morgan fingerprint density at radius 3 is 2.41 bits per heavy atom. The van der Waals surface area contributed by atoms with Gasteiger partial charge in [0.2, 0.25) is 5.91 Å². The third-order valence-electron chi connectivity index (χ3n) is 3.99. The Balaban J connectivity index is 1.76. The van der Waals surface area contributed by atoms with Crippen molar-refractivity contribution in [2.45, 2.75) is 38.4 Å². The van der Waals surface area contributed by atoms with Crippen LogP contribution in [0.2, 0.25) is 0 Å². The summed E-state index contributed by atoms with van der Waals surface area (Å²) in [5.41, 5.74) is -0.224. The highest BCUT2D eigenvalue weighted by Crippen LogP contribution is 2.40. The van der Waals surface area contributed by atoms with Gasteiger partial charge in [-0.3, -0.25) is 9.59 Å². The molecule has 0 unspecified atom stereocenters. The van der Waals surface area contributed by atoms with Gasteiger partial charge < -0.3 is 19.7 Å². The van der Waals surface area contributed by atoms with E-state index in [1.807, 2.05) is 20.8 Å². The summed E-state index contributed by atoms with van der Waals surface area (Å²) in [4.78, 5) is 23.8. The highest BCUT2D eigenvalue weighted by Gasteiger charge is 2.53. The van der Waals surface area contributed by atoms with Gasteiger partial charge in [0.1, 0.15) is 11.7 Å². The molecule has 0 radical (unpaired) electrons. The molecule has 118 valence electrons. The van der Waals surface area contributed by atoms with Gasteiger partial charge in [0, 0.05) is 11.5 Å². The van der Waals surface area contributed by atoms with Crippen molar-refractivity contribution in [1.82, 2.24) is 5.16 Å². The molecule has 1 saturated heterocycles. The highest BCUT2D eigenvalue weighted by molar-refractivity contribution is 5.96. The van der Waals surface area contributed by atoms with Gasteiger partial charge in [-0.15, -0.1) is 0 Å². The Kier molecular flexibility index (Phi) is 3.32. The zero-order valence-electron chi connectivity index (χ0n) is 12.6. The molecular weight excluding hydrogens is 288 g/mol. The summed E-state index contributed by atoms with van der Waals surface area (Å²) in [5, 5.41) is 15.7. The standard InChI is InChI=1S/C15H18N2O5/c1-15(2,3)9-6-10(17-22-9)16-13(18)11-7-4-5-8(21-7)12(11)14(19)20/h4-8,11-12H,1-3H3,(H,19,20)(H,16,17,18)/t7-,8-,11+,12-/m0/s1. The Morgan fingerprint density at radius 1 is 1.23 bits per heavy atom. The molecule has 3 rings (SSSR count). The normalized spacial score (nSPS) is 29.8. The maximum atomic E-state index is 12.4. The number of aliphatic carboxylic acids is 1. The second kappa shape index (κ2) is 4.95. The number of hydrogen-bond acceptors (Lipinski definition) is 5. The second-order valence-electron chi connectivity index (χ2n) is 6.66. The van der Waals surface area contributed by atoms with Crippen LogP contribution in [0, 0.1) is 11.8 Å². The van der Waals surface area contributed by atoms with Crippen molar-refractivity contribution >= 4 is 17.7 Å². The molecule has 1 aromatic heterocycles. The number of nitrogens with zero attached hydrogens (tertiary/aromatic N) is 1. The fourth-order valence-corrected chi connectivity index (χ4v) is 2.81. The third kappa shape index (κ3) is 2.41. The van der Waals surface area contributed by atoms with Crippen LogP contribution in [0.15, 0.2) is 22.7 Å². The number of fused-ring (bicyclic) bond motifs is 2. The van der Waals surface area contributed by atoms with Gasteiger partial charge in [-0.2, -0.15) is 0 Å². The van der Waals surface area contributed by atoms with Crippen LogP contribution in [0.5, 0.6) is 0 Å². The first-order chi connectivity index (χ1) is 10.3. The lowest BCUT2D eigenvalue weighted by molar-refractivity contribution is -0.145. The number of carboxylic acids is 1. The summed E-state index contributed by atoms with van der Waals surface area (Å²) >= 11 is 0. The van der Waals surface area contributed by atoms with E-state index < -0.39 is 35.9 Å². The fraction of sp³-hybridized carbons (Fsp3) is 0.533. The van der Waals surface area contributed by atoms with E-state index in [4.69, 9.17) is 9.26 Å². The lowest BCUT2D eigenvalue weighted by Gasteiger charge is -2.20. The third-order valence-corrected chi connectivity index (χ3v) is 3.99. The van der Waals surface area contributed by atoms with E-state index in [1.165, 1.54) is 0 Å². The predicted octanol–water partition coefficient (Wildman–Crippen LogP) is 1.56. The topological polar surface area (TPSA) is 102 Å². The van der Waals surface area contributed by atoms with Crippen molar-refractivity contribution in [2.75, 3.05) is 5.32 Å². The van der Waals surface area contributed by atoms with E-state index in [-0.39, 0.29) is 11.2 Å². The molecule has 7 heteroatoms. The number of carbonyl (C=O) groups is 2. The number of rotatable bonds is 3. The first-order valence-electron chi connectivity index (χ1n) is 7.12. The Labute approximate surface area is 127 Å². The summed E-state index contributed by atoms with van der Waals surface area (Å²) in [5.74, 6) is -2.16. The zero-order chi connectivity index (χ0) is 16.1. The minimum Gasteiger partial charge on any atom is -0.481 e. The van der Waals surface area contributed by atoms with Crippen LogP contribution < -0.4 is 5.32 Å². The van der Waals surface area contributed by atoms with Crippen LogP contribution in [-0.4, -0.2) is 34.3 Å². The molecule has 3 heterocycles. The molecule has 4 atom stereocenters. The van der Waals surface area contributed by atoms with Gasteiger partial charge in [-0.05, 0) is 0 Å². The summed E-state index contributed by atoms with van der Waals surface area (Å²) in [6.45, 7) is 5.90. The first kappa shape index (κ1) is 14.8. The Bertz CT molecular complexity index is 643. The van der Waals surface area contributed by atoms with Crippen LogP contribution in [0.1, 0.15) is 26.5 Å². The zero-order valence-corrected chi connectivity index (χ0v) is 12.6. The van der Waals surface area contributed by atoms with Gasteiger partial charge >= 0.3 is 5.97 Å². The largest absolute Gasteiger partial charge is 0.481 e. The molecule has 1 fully saturated rings. The first-order valence-corrected chi connectivity index (χ1v) is 7.12. The van der Waals surface area contributed by atoms with Crippen LogP contribution in [0.3, 0.4) is 0 Å². The Hall–Kier alpha value is -2.15. The van der Waals surface area contributed by atoms with Crippen molar-refractivity contribution in [3.8, 4) is 0 Å². The van der Waals surface area contributed by atoms with Gasteiger partial charge in [0.25, 0.3) is 0 Å². The number of anilines is 1. The van der Waals surface area contributed by atoms with Crippen molar-refractivity contribution in [2.24, 2.45) is 11.8 Å². The van der Waals surface area contributed by atoms with Crippen LogP contribution in [0.25, 0.3) is 0 Å². The lowest BCUT2D eigenvalue weighted by Crippen LogP contribution is -2.39. The van der Waals surface area contributed by atoms with E-state index in [0.29, 0.717) is 5.76 Å². The molecular formula is C15H18N2O5. The van der Waals surface area contributed by atoms with E-state index >= 15 is 0 Å². The minimum atomic E-state index is -1.03. The molecule has 0 saturated carbocycles. The van der Waals surface area contributed by atoms with Crippen molar-refractivity contribution in [1.29, 1.82) is 0 Å². The van der Waals surface area contributed by atoms with E-state index in [0.717, 1.165) is 0 Å². The maximum absolute atomic E-state index is 12.4. The van der Waals surface area contributed by atoms with Gasteiger partial charge in [-0.25, -0.2) is 0 Å². The van der Waals surface area contributed by atoms with Crippen LogP contribution in [-0.2, 0) is 19.7 Å². The van der Waals surface area contributed by atoms with Crippen LogP contribution in [0.4, 0.5) is 5.82 Å². The Morgan fingerprint density at radius 2 is 1.86 bits per heavy atom. The number of aromatic nitrogens is 1. The lowest BCUT2D eigenvalue weighted by atomic mass is 9.82. The molecule has 2 aliphatic heterocycles. The predicted molar refractivity (Wildman–Crippen MR) is 76.2 cm³/mol. The second-order valence-corrected chi connectivity index (χ2v) is 6.66. The number of nitrogens with one attached hydrogen (secondary N) is 1. The number of carbonyl (C=O) groups excluding carboxylic acids is 1. The average molecular weight is 306 g/mol. The molecule has 22 heavy (non-hydrogen) atoms. The van der Waals surface area contributed by atoms with Gasteiger partial charge in [0.15, 0.2) is 5.82 Å². The maximum Gasteiger partial charge on any atom is 0.310 e. The number of amides is 1. The van der Waals surface area contributed by atoms with Crippen LogP contribution >= 0.6 is 0 Å². The minimum absolute atomic E-state index is 0.224. The molecule has 2 bridgehead atoms. The van der Waals surface area contributed by atoms with E-state index in [9.17, 15) is 14.7 Å². The van der Waals surface area contributed by atoms with Gasteiger partial charge in [-0.1, -0.05) is 38.1 Å². The van der Waals surface area contributed by atoms with E-state index in [1.54, 1.807) is 18.2 Å². The number of ether oxygens (including phenoxy) is 1. The quantitative estimate of drug-likeness (QED) is 0.822. The van der Waals surface area contributed by atoms with Crippen molar-refractivity contribution in [3.05, 3.63) is 24.0 Å². The van der Waals surface area contributed by atoms with Crippen molar-refractivity contribution in [3.63, 3.8) is 0 Å². The van der Waals surface area contributed by atoms with E-state index in [2.05, 4.69) is 10.5 Å². The summed E-state index contributed by atoms with van der Waals surface area (Å²) in [6, 6.07) is 1.65. The number of hydrogen-bond donors (Lipinski definition) is 2. The van der Waals surface area contributed by atoms with Gasteiger partial charge in [0.05, 0.1) is 18.1 Å². The molecule has 0 spiro atoms. The molecule has 2 aliphatic rings. The summed E-state index contributed by atoms with van der Waals surface area (Å²) in [6.07, 6.45) is 2.39. The fourth-order valence-electron chi connectivity index (χ4n) is 2.81. The molecule has 0 aromatic carbocycles. The molecule has 0 aliphatic carbocycles. The summed E-state index contributed by atoms with van der Waals surface area (Å²) < 4.78 is 10.7. The SMILES string of the molecule is CC(C)(C)c1cc(NC(=O)[C@H]2[C@@H](C(=O)O)[C@@H]3C=C[C@@H]2O3)no1. The number of carboxylic acid groups (broad SMARTS) is 1. The molecule has 2 N–H and O–H groups in total.